The van der Waals surface area contributed by atoms with E-state index in [0.29, 0.717) is 11.8 Å². The molecule has 0 heterocycles. The van der Waals surface area contributed by atoms with Crippen LogP contribution in [0.4, 0.5) is 0 Å². The van der Waals surface area contributed by atoms with Crippen molar-refractivity contribution in [1.82, 2.24) is 0 Å². The van der Waals surface area contributed by atoms with Crippen LogP contribution in [0.1, 0.15) is 57.1 Å². The molecular weight excluding hydrogens is 248 g/mol. The summed E-state index contributed by atoms with van der Waals surface area (Å²) in [6.07, 6.45) is 2.83. The first-order valence-corrected chi connectivity index (χ1v) is 7.62. The van der Waals surface area contributed by atoms with Crippen LogP contribution in [-0.2, 0) is 9.53 Å². The van der Waals surface area contributed by atoms with E-state index in [0.717, 1.165) is 19.3 Å². The minimum atomic E-state index is -0.0756. The van der Waals surface area contributed by atoms with Crippen LogP contribution < -0.4 is 0 Å². The second-order valence-corrected chi connectivity index (χ2v) is 6.10. The van der Waals surface area contributed by atoms with Gasteiger partial charge in [0.2, 0.25) is 0 Å². The SMILES string of the molecule is CCC(CC(CC(C)C)c1ccc(C)cc1)C(=O)OC. The molecule has 0 spiro atoms. The van der Waals surface area contributed by atoms with E-state index in [1.54, 1.807) is 0 Å². The van der Waals surface area contributed by atoms with Crippen LogP contribution in [0.3, 0.4) is 0 Å². The Balaban J connectivity index is 2.88. The van der Waals surface area contributed by atoms with Crippen molar-refractivity contribution in [2.24, 2.45) is 11.8 Å². The van der Waals surface area contributed by atoms with Gasteiger partial charge in [-0.3, -0.25) is 4.79 Å². The fourth-order valence-electron chi connectivity index (χ4n) is 2.72. The van der Waals surface area contributed by atoms with E-state index in [-0.39, 0.29) is 11.9 Å². The van der Waals surface area contributed by atoms with Gasteiger partial charge in [-0.1, -0.05) is 50.6 Å². The summed E-state index contributed by atoms with van der Waals surface area (Å²) in [4.78, 5) is 11.8. The third-order valence-corrected chi connectivity index (χ3v) is 3.90. The average molecular weight is 276 g/mol. The summed E-state index contributed by atoms with van der Waals surface area (Å²) in [5.74, 6) is 0.981. The Hall–Kier alpha value is -1.31. The van der Waals surface area contributed by atoms with Gasteiger partial charge in [0.1, 0.15) is 0 Å². The first-order chi connectivity index (χ1) is 9.47. The van der Waals surface area contributed by atoms with Gasteiger partial charge in [-0.2, -0.15) is 0 Å². The van der Waals surface area contributed by atoms with Crippen LogP contribution in [-0.4, -0.2) is 13.1 Å². The zero-order chi connectivity index (χ0) is 15.1. The van der Waals surface area contributed by atoms with Gasteiger partial charge in [0.15, 0.2) is 0 Å². The molecule has 0 aliphatic carbocycles. The number of esters is 1. The molecule has 0 amide bonds. The summed E-state index contributed by atoms with van der Waals surface area (Å²) < 4.78 is 4.93. The first-order valence-electron chi connectivity index (χ1n) is 7.62. The van der Waals surface area contributed by atoms with E-state index in [2.05, 4.69) is 52.0 Å². The fourth-order valence-corrected chi connectivity index (χ4v) is 2.72. The lowest BCUT2D eigenvalue weighted by Gasteiger charge is -2.23. The molecule has 112 valence electrons. The van der Waals surface area contributed by atoms with Crippen molar-refractivity contribution in [1.29, 1.82) is 0 Å². The van der Waals surface area contributed by atoms with Crippen molar-refractivity contribution in [3.63, 3.8) is 0 Å². The topological polar surface area (TPSA) is 26.3 Å². The van der Waals surface area contributed by atoms with Gasteiger partial charge in [-0.05, 0) is 43.6 Å². The molecule has 0 saturated heterocycles. The molecule has 0 bridgehead atoms. The highest BCUT2D eigenvalue weighted by Gasteiger charge is 2.23. The lowest BCUT2D eigenvalue weighted by molar-refractivity contribution is -0.146. The highest BCUT2D eigenvalue weighted by atomic mass is 16.5. The smallest absolute Gasteiger partial charge is 0.308 e. The van der Waals surface area contributed by atoms with Crippen molar-refractivity contribution < 1.29 is 9.53 Å². The van der Waals surface area contributed by atoms with Crippen LogP contribution in [0.25, 0.3) is 0 Å². The second kappa shape index (κ2) is 8.08. The van der Waals surface area contributed by atoms with E-state index >= 15 is 0 Å². The molecule has 0 N–H and O–H groups in total. The van der Waals surface area contributed by atoms with E-state index in [1.165, 1.54) is 18.2 Å². The van der Waals surface area contributed by atoms with Crippen LogP contribution >= 0.6 is 0 Å². The first kappa shape index (κ1) is 16.7. The summed E-state index contributed by atoms with van der Waals surface area (Å²) in [7, 11) is 1.48. The van der Waals surface area contributed by atoms with E-state index in [4.69, 9.17) is 4.74 Å². The summed E-state index contributed by atoms with van der Waals surface area (Å²) in [6.45, 7) is 8.63. The Morgan fingerprint density at radius 2 is 1.75 bits per heavy atom. The molecule has 0 aliphatic rings. The third kappa shape index (κ3) is 4.99. The monoisotopic (exact) mass is 276 g/mol. The Labute approximate surface area is 123 Å². The van der Waals surface area contributed by atoms with Gasteiger partial charge in [0.05, 0.1) is 13.0 Å². The quantitative estimate of drug-likeness (QED) is 0.674. The largest absolute Gasteiger partial charge is 0.469 e. The van der Waals surface area contributed by atoms with Gasteiger partial charge in [-0.15, -0.1) is 0 Å². The van der Waals surface area contributed by atoms with Gasteiger partial charge in [-0.25, -0.2) is 0 Å². The predicted molar refractivity (Wildman–Crippen MR) is 83.8 cm³/mol. The van der Waals surface area contributed by atoms with Crippen molar-refractivity contribution in [3.05, 3.63) is 35.4 Å². The third-order valence-electron chi connectivity index (χ3n) is 3.90. The molecule has 0 fully saturated rings. The van der Waals surface area contributed by atoms with E-state index < -0.39 is 0 Å². The summed E-state index contributed by atoms with van der Waals surface area (Å²) in [6, 6.07) is 8.71. The van der Waals surface area contributed by atoms with Gasteiger partial charge >= 0.3 is 5.97 Å². The molecule has 2 unspecified atom stereocenters. The fraction of sp³-hybridized carbons (Fsp3) is 0.611. The van der Waals surface area contributed by atoms with Crippen molar-refractivity contribution in [3.8, 4) is 0 Å². The van der Waals surface area contributed by atoms with Crippen LogP contribution in [0.5, 0.6) is 0 Å². The zero-order valence-corrected chi connectivity index (χ0v) is 13.5. The molecule has 0 aromatic heterocycles. The van der Waals surface area contributed by atoms with Gasteiger partial charge < -0.3 is 4.74 Å². The molecule has 0 aliphatic heterocycles. The minimum Gasteiger partial charge on any atom is -0.469 e. The summed E-state index contributed by atoms with van der Waals surface area (Å²) >= 11 is 0. The second-order valence-electron chi connectivity index (χ2n) is 6.10. The van der Waals surface area contributed by atoms with E-state index in [9.17, 15) is 4.79 Å². The Bertz CT molecular complexity index is 406. The predicted octanol–water partition coefficient (Wildman–Crippen LogP) is 4.71. The minimum absolute atomic E-state index is 0.00468. The lowest BCUT2D eigenvalue weighted by Crippen LogP contribution is -2.19. The van der Waals surface area contributed by atoms with Crippen molar-refractivity contribution >= 4 is 5.97 Å². The molecule has 0 radical (unpaired) electrons. The van der Waals surface area contributed by atoms with Gasteiger partial charge in [0, 0.05) is 0 Å². The number of rotatable bonds is 7. The molecule has 2 atom stereocenters. The molecular formula is C18H28O2. The number of carbonyl (C=O) groups is 1. The number of methoxy groups -OCH3 is 1. The van der Waals surface area contributed by atoms with Crippen LogP contribution in [0, 0.1) is 18.8 Å². The Morgan fingerprint density at radius 1 is 1.15 bits per heavy atom. The molecule has 1 aromatic rings. The molecule has 1 aromatic carbocycles. The van der Waals surface area contributed by atoms with Crippen molar-refractivity contribution in [2.45, 2.75) is 52.9 Å². The van der Waals surface area contributed by atoms with E-state index in [1.807, 2.05) is 0 Å². The number of ether oxygens (including phenoxy) is 1. The Kier molecular flexibility index (Phi) is 6.77. The van der Waals surface area contributed by atoms with Crippen LogP contribution in [0.15, 0.2) is 24.3 Å². The number of aryl methyl sites for hydroxylation is 1. The Morgan fingerprint density at radius 3 is 2.20 bits per heavy atom. The maximum atomic E-state index is 11.8. The average Bonchev–Trinajstić information content (AvgIpc) is 2.43. The summed E-state index contributed by atoms with van der Waals surface area (Å²) in [5, 5.41) is 0. The number of carbonyl (C=O) groups excluding carboxylic acids is 1. The van der Waals surface area contributed by atoms with Gasteiger partial charge in [0.25, 0.3) is 0 Å². The maximum absolute atomic E-state index is 11.8. The highest BCUT2D eigenvalue weighted by molar-refractivity contribution is 5.72. The lowest BCUT2D eigenvalue weighted by atomic mass is 9.82. The number of hydrogen-bond donors (Lipinski definition) is 0. The van der Waals surface area contributed by atoms with Crippen molar-refractivity contribution in [2.75, 3.05) is 7.11 Å². The molecule has 20 heavy (non-hydrogen) atoms. The number of benzene rings is 1. The van der Waals surface area contributed by atoms with Crippen LogP contribution in [0.2, 0.25) is 0 Å². The zero-order valence-electron chi connectivity index (χ0n) is 13.5. The highest BCUT2D eigenvalue weighted by Crippen LogP contribution is 2.32. The number of hydrogen-bond acceptors (Lipinski definition) is 2. The normalized spacial score (nSPS) is 14.1. The standard InChI is InChI=1S/C18H28O2/c1-6-15(18(19)20-5)12-17(11-13(2)3)16-9-7-14(4)8-10-16/h7-10,13,15,17H,6,11-12H2,1-5H3. The maximum Gasteiger partial charge on any atom is 0.308 e. The molecule has 0 saturated carbocycles. The molecule has 2 nitrogen and oxygen atoms in total. The molecule has 1 rings (SSSR count). The molecule has 2 heteroatoms. The summed E-state index contributed by atoms with van der Waals surface area (Å²) in [5.41, 5.74) is 2.61.